The molecule has 226 valence electrons. The van der Waals surface area contributed by atoms with Crippen molar-refractivity contribution in [1.82, 2.24) is 20.0 Å². The van der Waals surface area contributed by atoms with Gasteiger partial charge in [0.15, 0.2) is 5.82 Å². The average Bonchev–Trinajstić information content (AvgIpc) is 3.04. The molecule has 1 aromatic heterocycles. The number of carboxylic acid groups (broad SMARTS) is 1. The van der Waals surface area contributed by atoms with Gasteiger partial charge < -0.3 is 30.2 Å². The van der Waals surface area contributed by atoms with E-state index in [0.29, 0.717) is 34.9 Å². The zero-order valence-corrected chi connectivity index (χ0v) is 24.8. The molecule has 3 N–H and O–H groups in total. The highest BCUT2D eigenvalue weighted by Crippen LogP contribution is 2.37. The van der Waals surface area contributed by atoms with Crippen molar-refractivity contribution in [3.63, 3.8) is 0 Å². The summed E-state index contributed by atoms with van der Waals surface area (Å²) in [5.74, 6) is 0.194. The van der Waals surface area contributed by atoms with Crippen LogP contribution in [0.2, 0.25) is 0 Å². The van der Waals surface area contributed by atoms with E-state index < -0.39 is 5.97 Å². The van der Waals surface area contributed by atoms with E-state index in [0.717, 1.165) is 88.0 Å². The average molecular weight is 584 g/mol. The van der Waals surface area contributed by atoms with E-state index >= 15 is 0 Å². The largest absolute Gasteiger partial charge is 0.507 e. The third-order valence-electron chi connectivity index (χ3n) is 10.1. The molecule has 0 spiro atoms. The number of hydrogen-bond acceptors (Lipinski definition) is 9. The topological polar surface area (TPSA) is 108 Å². The predicted molar refractivity (Wildman–Crippen MR) is 168 cm³/mol. The molecule has 2 aromatic carbocycles. The smallest absolute Gasteiger partial charge is 0.335 e. The number of benzene rings is 2. The van der Waals surface area contributed by atoms with Crippen LogP contribution in [0.15, 0.2) is 48.5 Å². The lowest BCUT2D eigenvalue weighted by molar-refractivity contribution is 0.0654. The molecule has 0 bridgehead atoms. The van der Waals surface area contributed by atoms with Crippen LogP contribution in [0.1, 0.15) is 41.6 Å². The fraction of sp³-hybridized carbons (Fsp3) is 0.485. The van der Waals surface area contributed by atoms with Crippen LogP contribution in [0.3, 0.4) is 0 Å². The summed E-state index contributed by atoms with van der Waals surface area (Å²) in [4.78, 5) is 21.7. The molecule has 3 saturated heterocycles. The maximum atomic E-state index is 11.4. The Bertz CT molecular complexity index is 1480. The Morgan fingerprint density at radius 2 is 1.60 bits per heavy atom. The minimum absolute atomic E-state index is 0.223. The molecule has 10 nitrogen and oxygen atoms in total. The molecular weight excluding hydrogens is 542 g/mol. The third-order valence-corrected chi connectivity index (χ3v) is 10.1. The molecule has 0 radical (unpaired) electrons. The van der Waals surface area contributed by atoms with Crippen molar-refractivity contribution in [2.45, 2.75) is 50.7 Å². The number of para-hydroxylation sites is 1. The molecule has 0 amide bonds. The highest BCUT2D eigenvalue weighted by molar-refractivity contribution is 5.90. The van der Waals surface area contributed by atoms with Crippen LogP contribution in [-0.2, 0) is 0 Å². The van der Waals surface area contributed by atoms with Gasteiger partial charge in [-0.1, -0.05) is 12.1 Å². The summed E-state index contributed by atoms with van der Waals surface area (Å²) in [5.41, 5.74) is 4.85. The van der Waals surface area contributed by atoms with Gasteiger partial charge in [-0.15, -0.1) is 10.2 Å². The van der Waals surface area contributed by atoms with Crippen molar-refractivity contribution >= 4 is 23.2 Å². The van der Waals surface area contributed by atoms with Gasteiger partial charge in [-0.05, 0) is 87.7 Å². The maximum Gasteiger partial charge on any atom is 0.335 e. The van der Waals surface area contributed by atoms with E-state index in [1.54, 1.807) is 12.1 Å². The summed E-state index contributed by atoms with van der Waals surface area (Å²) in [6, 6.07) is 16.8. The highest BCUT2D eigenvalue weighted by Gasteiger charge is 2.37. The first-order valence-corrected chi connectivity index (χ1v) is 15.7. The number of carbonyl (C=O) groups is 1. The molecule has 0 aliphatic carbocycles. The van der Waals surface area contributed by atoms with Crippen LogP contribution in [0.25, 0.3) is 11.3 Å². The lowest BCUT2D eigenvalue weighted by Gasteiger charge is -2.50. The van der Waals surface area contributed by atoms with Gasteiger partial charge >= 0.3 is 5.97 Å². The summed E-state index contributed by atoms with van der Waals surface area (Å²) in [5, 5.41) is 32.1. The normalized spacial score (nSPS) is 22.1. The number of aromatic hydroxyl groups is 1. The van der Waals surface area contributed by atoms with Crippen molar-refractivity contribution in [1.29, 1.82) is 0 Å². The van der Waals surface area contributed by atoms with Gasteiger partial charge in [0.25, 0.3) is 0 Å². The monoisotopic (exact) mass is 583 g/mol. The molecule has 0 saturated carbocycles. The number of phenols is 1. The van der Waals surface area contributed by atoms with E-state index in [-0.39, 0.29) is 5.75 Å². The first-order valence-electron chi connectivity index (χ1n) is 15.7. The van der Waals surface area contributed by atoms with Crippen molar-refractivity contribution in [3.05, 3.63) is 59.7 Å². The molecule has 1 unspecified atom stereocenters. The summed E-state index contributed by atoms with van der Waals surface area (Å²) in [6.45, 7) is 10.2. The SMILES string of the molecule is Cc1cc(N2CCC(N3CCC(N4CCN5c6cc(-c7ccccc7O)nnc6NCC5C4)CC3)CC2)ccc1C(=O)O. The first kappa shape index (κ1) is 27.9. The minimum Gasteiger partial charge on any atom is -0.507 e. The van der Waals surface area contributed by atoms with Crippen LogP contribution >= 0.6 is 0 Å². The fourth-order valence-corrected chi connectivity index (χ4v) is 7.66. The predicted octanol–water partition coefficient (Wildman–Crippen LogP) is 3.91. The van der Waals surface area contributed by atoms with Crippen molar-refractivity contribution in [3.8, 4) is 17.0 Å². The van der Waals surface area contributed by atoms with Gasteiger partial charge in [-0.25, -0.2) is 4.79 Å². The molecular formula is C33H41N7O3. The number of piperazine rings is 1. The van der Waals surface area contributed by atoms with Gasteiger partial charge in [-0.3, -0.25) is 4.90 Å². The third kappa shape index (κ3) is 5.49. The molecule has 7 rings (SSSR count). The summed E-state index contributed by atoms with van der Waals surface area (Å²) >= 11 is 0. The fourth-order valence-electron chi connectivity index (χ4n) is 7.66. The quantitative estimate of drug-likeness (QED) is 0.409. The Morgan fingerprint density at radius 3 is 2.35 bits per heavy atom. The van der Waals surface area contributed by atoms with E-state index in [1.165, 1.54) is 12.8 Å². The molecule has 3 aromatic rings. The van der Waals surface area contributed by atoms with Crippen LogP contribution in [-0.4, -0.2) is 107 Å². The van der Waals surface area contributed by atoms with Gasteiger partial charge in [-0.2, -0.15) is 0 Å². The number of rotatable bonds is 5. The van der Waals surface area contributed by atoms with Crippen LogP contribution in [0.4, 0.5) is 17.2 Å². The second kappa shape index (κ2) is 11.7. The number of aromatic nitrogens is 2. The summed E-state index contributed by atoms with van der Waals surface area (Å²) in [7, 11) is 0. The number of nitrogens with zero attached hydrogens (tertiary/aromatic N) is 6. The van der Waals surface area contributed by atoms with Crippen LogP contribution in [0.5, 0.6) is 5.75 Å². The number of nitrogens with one attached hydrogen (secondary N) is 1. The molecule has 3 fully saturated rings. The Morgan fingerprint density at radius 1 is 0.860 bits per heavy atom. The molecule has 1 atom stereocenters. The number of aryl methyl sites for hydroxylation is 1. The zero-order chi connectivity index (χ0) is 29.5. The molecule has 4 aliphatic heterocycles. The summed E-state index contributed by atoms with van der Waals surface area (Å²) < 4.78 is 0. The Balaban J connectivity index is 0.922. The lowest BCUT2D eigenvalue weighted by atomic mass is 9.95. The molecule has 4 aliphatic rings. The number of hydrogen-bond donors (Lipinski definition) is 3. The van der Waals surface area contributed by atoms with E-state index in [9.17, 15) is 15.0 Å². The molecule has 5 heterocycles. The minimum atomic E-state index is -0.858. The van der Waals surface area contributed by atoms with E-state index in [2.05, 4.69) is 41.2 Å². The second-order valence-corrected chi connectivity index (χ2v) is 12.5. The number of likely N-dealkylation sites (tertiary alicyclic amines) is 1. The highest BCUT2D eigenvalue weighted by atomic mass is 16.4. The van der Waals surface area contributed by atoms with E-state index in [4.69, 9.17) is 0 Å². The first-order chi connectivity index (χ1) is 20.9. The second-order valence-electron chi connectivity index (χ2n) is 12.5. The standard InChI is InChI=1S/C33H41N7O3/c1-22-18-25(6-7-27(22)33(42)43)38-14-8-23(9-15-38)37-12-10-24(11-13-37)39-16-17-40-26(21-39)20-34-32-30(40)19-29(35-36-32)28-4-2-3-5-31(28)41/h2-7,18-19,23-24,26,41H,8-17,20-21H2,1H3,(H,34,36)(H,42,43). The van der Waals surface area contributed by atoms with Gasteiger partial charge in [0, 0.05) is 62.6 Å². The van der Waals surface area contributed by atoms with Crippen LogP contribution < -0.4 is 15.1 Å². The van der Waals surface area contributed by atoms with E-state index in [1.807, 2.05) is 37.3 Å². The maximum absolute atomic E-state index is 11.4. The number of anilines is 3. The summed E-state index contributed by atoms with van der Waals surface area (Å²) in [6.07, 6.45) is 4.75. The van der Waals surface area contributed by atoms with Gasteiger partial charge in [0.05, 0.1) is 23.0 Å². The Hall–Kier alpha value is -3.89. The number of carboxylic acids is 1. The number of phenolic OH excluding ortho intramolecular Hbond substituents is 1. The van der Waals surface area contributed by atoms with Crippen molar-refractivity contribution in [2.75, 3.05) is 67.5 Å². The molecule has 43 heavy (non-hydrogen) atoms. The Kier molecular flexibility index (Phi) is 7.56. The van der Waals surface area contributed by atoms with Crippen LogP contribution in [0, 0.1) is 6.92 Å². The Labute approximate surface area is 252 Å². The lowest BCUT2D eigenvalue weighted by Crippen LogP contribution is -2.61. The number of piperidine rings is 2. The zero-order valence-electron chi connectivity index (χ0n) is 24.8. The van der Waals surface area contributed by atoms with Crippen molar-refractivity contribution < 1.29 is 15.0 Å². The van der Waals surface area contributed by atoms with Gasteiger partial charge in [0.2, 0.25) is 0 Å². The van der Waals surface area contributed by atoms with Gasteiger partial charge in [0.1, 0.15) is 5.75 Å². The molecule has 10 heteroatoms. The number of fused-ring (bicyclic) bond motifs is 3. The van der Waals surface area contributed by atoms with Crippen molar-refractivity contribution in [2.24, 2.45) is 0 Å². The number of aromatic carboxylic acids is 1.